The Morgan fingerprint density at radius 1 is 0.755 bits per heavy atom. The Morgan fingerprint density at radius 3 is 1.82 bits per heavy atom. The van der Waals surface area contributed by atoms with Crippen LogP contribution in [0.2, 0.25) is 12.1 Å². The van der Waals surface area contributed by atoms with E-state index < -0.39 is 8.07 Å². The molecule has 0 bridgehead atoms. The third kappa shape index (κ3) is 8.48. The van der Waals surface area contributed by atoms with Crippen LogP contribution in [0.4, 0.5) is 0 Å². The Labute approximate surface area is 323 Å². The largest absolute Gasteiger partial charge is 0.168 e. The zero-order valence-electron chi connectivity index (χ0n) is 34.3. The molecule has 0 N–H and O–H groups in total. The van der Waals surface area contributed by atoms with E-state index in [-0.39, 0.29) is 37.0 Å². The molecule has 49 heavy (non-hydrogen) atoms. The fourth-order valence-corrected chi connectivity index (χ4v) is 16.6. The van der Waals surface area contributed by atoms with Gasteiger partial charge in [-0.15, -0.1) is 29.0 Å². The van der Waals surface area contributed by atoms with Crippen molar-refractivity contribution in [3.8, 4) is 11.1 Å². The molecule has 3 aromatic rings. The number of rotatable bonds is 14. The van der Waals surface area contributed by atoms with Crippen molar-refractivity contribution in [1.82, 2.24) is 0 Å². The van der Waals surface area contributed by atoms with Gasteiger partial charge in [-0.1, -0.05) is 162 Å². The van der Waals surface area contributed by atoms with E-state index >= 15 is 0 Å². The van der Waals surface area contributed by atoms with Crippen LogP contribution in [0.15, 0.2) is 64.4 Å². The molecule has 3 aromatic carbocycles. The van der Waals surface area contributed by atoms with Crippen molar-refractivity contribution in [2.24, 2.45) is 5.92 Å². The summed E-state index contributed by atoms with van der Waals surface area (Å²) in [4.78, 5) is 0. The average molecular weight is 755 g/mol. The van der Waals surface area contributed by atoms with Crippen molar-refractivity contribution in [2.45, 2.75) is 177 Å². The molecule has 0 heterocycles. The fraction of sp³-hybridized carbons (Fsp3) is 0.596. The second-order valence-corrected chi connectivity index (χ2v) is 22.1. The molecule has 0 nitrogen and oxygen atoms in total. The summed E-state index contributed by atoms with van der Waals surface area (Å²) in [6.45, 7) is 34.8. The van der Waals surface area contributed by atoms with Gasteiger partial charge in [0.25, 0.3) is 0 Å². The van der Waals surface area contributed by atoms with Crippen LogP contribution in [-0.4, -0.2) is 8.07 Å². The first-order valence-electron chi connectivity index (χ1n) is 19.8. The van der Waals surface area contributed by atoms with E-state index in [1.807, 2.05) is 10.4 Å². The molecule has 1 aliphatic carbocycles. The molecule has 1 aliphatic rings. The summed E-state index contributed by atoms with van der Waals surface area (Å²) >= 11 is 0. The molecule has 0 aliphatic heterocycles. The van der Waals surface area contributed by atoms with Crippen molar-refractivity contribution in [2.75, 3.05) is 0 Å². The van der Waals surface area contributed by atoms with Gasteiger partial charge >= 0.3 is 0 Å². The zero-order valence-corrected chi connectivity index (χ0v) is 37.7. The summed E-state index contributed by atoms with van der Waals surface area (Å²) in [6, 6.07) is 19.4. The summed E-state index contributed by atoms with van der Waals surface area (Å²) in [6.07, 6.45) is 10.7. The third-order valence-electron chi connectivity index (χ3n) is 12.0. The molecule has 0 spiro atoms. The van der Waals surface area contributed by atoms with Gasteiger partial charge in [-0.05, 0) is 88.5 Å². The molecular weight excluding hydrogens is 684 g/mol. The molecule has 0 saturated carbocycles. The molecule has 0 amide bonds. The van der Waals surface area contributed by atoms with Crippen LogP contribution >= 0.6 is 0 Å². The molecule has 2 heteroatoms. The first-order chi connectivity index (χ1) is 22.5. The van der Waals surface area contributed by atoms with Gasteiger partial charge in [-0.25, -0.2) is 0 Å². The van der Waals surface area contributed by atoms with E-state index in [1.54, 1.807) is 33.4 Å². The molecule has 1 atom stereocenters. The van der Waals surface area contributed by atoms with Crippen molar-refractivity contribution in [3.05, 3.63) is 81.1 Å². The van der Waals surface area contributed by atoms with E-state index in [0.29, 0.717) is 11.8 Å². The van der Waals surface area contributed by atoms with Gasteiger partial charge in [0.2, 0.25) is 0 Å². The van der Waals surface area contributed by atoms with Crippen molar-refractivity contribution in [1.29, 1.82) is 0 Å². The Morgan fingerprint density at radius 2 is 1.35 bits per heavy atom. The van der Waals surface area contributed by atoms with Crippen LogP contribution in [0.5, 0.6) is 0 Å². The van der Waals surface area contributed by atoms with E-state index in [4.69, 9.17) is 0 Å². The number of unbranched alkanes of at least 4 members (excludes halogenated alkanes) is 6. The van der Waals surface area contributed by atoms with Crippen LogP contribution in [0, 0.1) is 5.92 Å². The number of allylic oxidation sites excluding steroid dienone is 4. The number of hydrogen-bond acceptors (Lipinski definition) is 0. The molecule has 0 aromatic heterocycles. The third-order valence-corrected chi connectivity index (χ3v) is 17.8. The SMILES string of the molecule is CCCCCC[Si](CCCCCC)(C1=C(C)C(C)=C(C)C1C)c1c(C(C)(C)C)cc(-c2cccc3[cH-]ccc23)c(C(C)C)c1C(C)(C)C.[Zr]. The van der Waals surface area contributed by atoms with Crippen LogP contribution in [0.25, 0.3) is 21.9 Å². The quantitative estimate of drug-likeness (QED) is 0.0873. The van der Waals surface area contributed by atoms with Crippen LogP contribution in [0.1, 0.15) is 171 Å². The standard InChI is InChI=1S/C47H71Si.Zr/c1-15-17-19-21-29-48(30-22-20-18-16-2,44-35(7)33(5)34(6)36(44)8)45-41(46(9,10)11)31-40(42(32(3)4)43(45)47(12,13)14)39-28-24-26-37-25-23-27-38(37)39;/h23-28,31-32,35H,15-22,29-30H2,1-14H3;/q-1;. The Balaban J connectivity index is 0.00000650. The Bertz CT molecular complexity index is 1610. The van der Waals surface area contributed by atoms with Crippen molar-refractivity contribution in [3.63, 3.8) is 0 Å². The first-order valence-corrected chi connectivity index (χ1v) is 22.2. The number of fused-ring (bicyclic) bond motifs is 1. The maximum atomic E-state index is 2.74. The van der Waals surface area contributed by atoms with Crippen LogP contribution in [-0.2, 0) is 37.0 Å². The fourth-order valence-electron chi connectivity index (χ4n) is 9.41. The Kier molecular flexibility index (Phi) is 14.6. The van der Waals surface area contributed by atoms with Gasteiger partial charge in [-0.3, -0.25) is 0 Å². The normalized spacial score (nSPS) is 16.0. The average Bonchev–Trinajstić information content (AvgIpc) is 3.58. The summed E-state index contributed by atoms with van der Waals surface area (Å²) < 4.78 is 0. The van der Waals surface area contributed by atoms with E-state index in [2.05, 4.69) is 139 Å². The minimum atomic E-state index is -2.26. The maximum Gasteiger partial charge on any atom is 0.115 e. The zero-order chi connectivity index (χ0) is 35.6. The van der Waals surface area contributed by atoms with Crippen molar-refractivity contribution < 1.29 is 26.2 Å². The topological polar surface area (TPSA) is 0 Å². The van der Waals surface area contributed by atoms with Crippen molar-refractivity contribution >= 4 is 24.0 Å². The minimum absolute atomic E-state index is 0. The number of benzene rings is 2. The second-order valence-electron chi connectivity index (χ2n) is 17.9. The Hall–Kier alpha value is -1.37. The summed E-state index contributed by atoms with van der Waals surface area (Å²) in [7, 11) is -2.26. The molecule has 1 unspecified atom stereocenters. The molecule has 4 rings (SSSR count). The van der Waals surface area contributed by atoms with Gasteiger partial charge < -0.3 is 0 Å². The van der Waals surface area contributed by atoms with Gasteiger partial charge in [0, 0.05) is 26.2 Å². The molecule has 268 valence electrons. The van der Waals surface area contributed by atoms with Crippen LogP contribution in [0.3, 0.4) is 0 Å². The second kappa shape index (κ2) is 17.0. The smallest absolute Gasteiger partial charge is 0.115 e. The molecule has 0 saturated heterocycles. The molecular formula is C47H71SiZr-. The maximum absolute atomic E-state index is 2.74. The predicted molar refractivity (Wildman–Crippen MR) is 220 cm³/mol. The van der Waals surface area contributed by atoms with Gasteiger partial charge in [0.05, 0.1) is 0 Å². The van der Waals surface area contributed by atoms with Gasteiger partial charge in [0.15, 0.2) is 0 Å². The van der Waals surface area contributed by atoms with E-state index in [9.17, 15) is 0 Å². The number of hydrogen-bond donors (Lipinski definition) is 0. The predicted octanol–water partition coefficient (Wildman–Crippen LogP) is 14.6. The first kappa shape index (κ1) is 42.0. The van der Waals surface area contributed by atoms with Gasteiger partial charge in [0.1, 0.15) is 8.07 Å². The summed E-state index contributed by atoms with van der Waals surface area (Å²) in [5.74, 6) is 0.965. The monoisotopic (exact) mass is 753 g/mol. The van der Waals surface area contributed by atoms with E-state index in [0.717, 1.165) is 0 Å². The summed E-state index contributed by atoms with van der Waals surface area (Å²) in [5.41, 5.74) is 12.8. The van der Waals surface area contributed by atoms with E-state index in [1.165, 1.54) is 85.4 Å². The van der Waals surface area contributed by atoms with Crippen LogP contribution < -0.4 is 5.19 Å². The summed E-state index contributed by atoms with van der Waals surface area (Å²) in [5, 5.41) is 6.49. The molecule has 0 fully saturated rings. The minimum Gasteiger partial charge on any atom is -0.168 e. The molecule has 0 radical (unpaired) electrons. The van der Waals surface area contributed by atoms with Gasteiger partial charge in [-0.2, -0.15) is 12.1 Å².